The van der Waals surface area contributed by atoms with Gasteiger partial charge in [-0.25, -0.2) is 5.10 Å². The van der Waals surface area contributed by atoms with Gasteiger partial charge in [-0.3, -0.25) is 9.59 Å². The molecule has 8 heteroatoms. The number of amides is 1. The minimum atomic E-state index is -0.505. The third-order valence-electron chi connectivity index (χ3n) is 3.25. The van der Waals surface area contributed by atoms with E-state index in [2.05, 4.69) is 15.5 Å². The van der Waals surface area contributed by atoms with Gasteiger partial charge < -0.3 is 11.1 Å². The Morgan fingerprint density at radius 2 is 1.74 bits per heavy atom. The number of hydrogen-bond acceptors (Lipinski definition) is 4. The highest BCUT2D eigenvalue weighted by Gasteiger charge is 2.15. The van der Waals surface area contributed by atoms with E-state index in [1.165, 1.54) is 12.1 Å². The van der Waals surface area contributed by atoms with Crippen LogP contribution in [-0.4, -0.2) is 16.1 Å². The van der Waals surface area contributed by atoms with Crippen LogP contribution in [0.2, 0.25) is 10.0 Å². The molecule has 0 fully saturated rings. The van der Waals surface area contributed by atoms with Gasteiger partial charge in [0.2, 0.25) is 0 Å². The molecule has 3 rings (SSSR count). The number of aromatic nitrogens is 2. The van der Waals surface area contributed by atoms with Crippen LogP contribution in [0.3, 0.4) is 0 Å². The molecule has 4 N–H and O–H groups in total. The van der Waals surface area contributed by atoms with Crippen molar-refractivity contribution in [2.24, 2.45) is 0 Å². The molecular weight excluding hydrogens is 339 g/mol. The number of anilines is 2. The Labute approximate surface area is 140 Å². The van der Waals surface area contributed by atoms with Crippen molar-refractivity contribution in [3.8, 4) is 0 Å². The monoisotopic (exact) mass is 348 g/mol. The number of hydrogen-bond donors (Lipinski definition) is 3. The average molecular weight is 349 g/mol. The number of fused-ring (bicyclic) bond motifs is 1. The molecule has 0 aliphatic carbocycles. The summed E-state index contributed by atoms with van der Waals surface area (Å²) < 4.78 is 0. The molecular formula is C15H10Cl2N4O2. The van der Waals surface area contributed by atoms with Gasteiger partial charge in [0.1, 0.15) is 0 Å². The maximum atomic E-state index is 12.4. The van der Waals surface area contributed by atoms with Crippen LogP contribution in [0.25, 0.3) is 10.8 Å². The molecule has 2 aromatic carbocycles. The van der Waals surface area contributed by atoms with Gasteiger partial charge in [-0.05, 0) is 18.2 Å². The first kappa shape index (κ1) is 15.3. The van der Waals surface area contributed by atoms with Crippen LogP contribution in [0.15, 0.2) is 41.2 Å². The van der Waals surface area contributed by atoms with Crippen LogP contribution in [0.4, 0.5) is 11.4 Å². The molecule has 0 radical (unpaired) electrons. The number of rotatable bonds is 2. The third kappa shape index (κ3) is 2.86. The van der Waals surface area contributed by atoms with Crippen molar-refractivity contribution < 1.29 is 4.79 Å². The third-order valence-corrected chi connectivity index (χ3v) is 3.87. The standard InChI is InChI=1S/C15H10Cl2N4O2/c16-10-5-7(6-11(17)12(10)18)19-15(23)13-8-3-1-2-4-9(8)14(22)21-20-13/h1-6H,18H2,(H,19,23)(H,21,22). The van der Waals surface area contributed by atoms with Crippen molar-refractivity contribution in [3.63, 3.8) is 0 Å². The van der Waals surface area contributed by atoms with E-state index < -0.39 is 5.91 Å². The number of halogens is 2. The summed E-state index contributed by atoms with van der Waals surface area (Å²) in [7, 11) is 0. The highest BCUT2D eigenvalue weighted by Crippen LogP contribution is 2.31. The number of nitrogens with zero attached hydrogens (tertiary/aromatic N) is 1. The van der Waals surface area contributed by atoms with Gasteiger partial charge in [0.05, 0.1) is 21.1 Å². The van der Waals surface area contributed by atoms with E-state index in [0.717, 1.165) is 0 Å². The van der Waals surface area contributed by atoms with E-state index in [1.807, 2.05) is 0 Å². The SMILES string of the molecule is Nc1c(Cl)cc(NC(=O)c2n[nH]c(=O)c3ccccc23)cc1Cl. The van der Waals surface area contributed by atoms with E-state index in [-0.39, 0.29) is 27.0 Å². The van der Waals surface area contributed by atoms with Crippen LogP contribution < -0.4 is 16.6 Å². The number of carbonyl (C=O) groups is 1. The molecule has 0 saturated carbocycles. The van der Waals surface area contributed by atoms with Gasteiger partial charge in [-0.1, -0.05) is 41.4 Å². The zero-order chi connectivity index (χ0) is 16.6. The highest BCUT2D eigenvalue weighted by atomic mass is 35.5. The Bertz CT molecular complexity index is 962. The zero-order valence-electron chi connectivity index (χ0n) is 11.6. The van der Waals surface area contributed by atoms with Gasteiger partial charge in [-0.2, -0.15) is 5.10 Å². The van der Waals surface area contributed by atoms with Gasteiger partial charge in [0.15, 0.2) is 5.69 Å². The number of nitrogens with two attached hydrogens (primary N) is 1. The Balaban J connectivity index is 2.02. The molecule has 23 heavy (non-hydrogen) atoms. The number of carbonyl (C=O) groups excluding carboxylic acids is 1. The van der Waals surface area contributed by atoms with Crippen LogP contribution in [0.5, 0.6) is 0 Å². The van der Waals surface area contributed by atoms with Gasteiger partial charge in [0.25, 0.3) is 11.5 Å². The summed E-state index contributed by atoms with van der Waals surface area (Å²) in [5.74, 6) is -0.505. The fraction of sp³-hybridized carbons (Fsp3) is 0. The zero-order valence-corrected chi connectivity index (χ0v) is 13.1. The maximum absolute atomic E-state index is 12.4. The quantitative estimate of drug-likeness (QED) is 0.619. The Morgan fingerprint density at radius 3 is 2.39 bits per heavy atom. The van der Waals surface area contributed by atoms with E-state index in [0.29, 0.717) is 16.5 Å². The number of aromatic amines is 1. The topological polar surface area (TPSA) is 101 Å². The molecule has 0 unspecified atom stereocenters. The number of nitrogen functional groups attached to an aromatic ring is 1. The normalized spacial score (nSPS) is 10.7. The van der Waals surface area contributed by atoms with Gasteiger partial charge in [0, 0.05) is 11.1 Å². The molecule has 6 nitrogen and oxygen atoms in total. The largest absolute Gasteiger partial charge is 0.396 e. The molecule has 116 valence electrons. The predicted octanol–water partition coefficient (Wildman–Crippen LogP) is 3.06. The summed E-state index contributed by atoms with van der Waals surface area (Å²) in [6, 6.07) is 9.65. The Morgan fingerprint density at radius 1 is 1.13 bits per heavy atom. The van der Waals surface area contributed by atoms with Crippen molar-refractivity contribution in [1.29, 1.82) is 0 Å². The first-order valence-corrected chi connectivity index (χ1v) is 7.26. The van der Waals surface area contributed by atoms with E-state index in [4.69, 9.17) is 28.9 Å². The van der Waals surface area contributed by atoms with Crippen molar-refractivity contribution in [2.75, 3.05) is 11.1 Å². The number of benzene rings is 2. The molecule has 1 heterocycles. The molecule has 0 aliphatic heterocycles. The lowest BCUT2D eigenvalue weighted by Crippen LogP contribution is -2.19. The summed E-state index contributed by atoms with van der Waals surface area (Å²) in [4.78, 5) is 24.2. The summed E-state index contributed by atoms with van der Waals surface area (Å²) >= 11 is 11.9. The molecule has 1 amide bonds. The number of H-pyrrole nitrogens is 1. The fourth-order valence-corrected chi connectivity index (χ4v) is 2.62. The summed E-state index contributed by atoms with van der Waals surface area (Å²) in [5.41, 5.74) is 5.98. The highest BCUT2D eigenvalue weighted by molar-refractivity contribution is 6.39. The second-order valence-corrected chi connectivity index (χ2v) is 5.57. The Kier molecular flexibility index (Phi) is 3.94. The van der Waals surface area contributed by atoms with E-state index in [9.17, 15) is 9.59 Å². The van der Waals surface area contributed by atoms with Crippen LogP contribution in [0.1, 0.15) is 10.5 Å². The molecule has 3 aromatic rings. The smallest absolute Gasteiger partial charge is 0.276 e. The van der Waals surface area contributed by atoms with Crippen LogP contribution >= 0.6 is 23.2 Å². The molecule has 0 bridgehead atoms. The van der Waals surface area contributed by atoms with Gasteiger partial charge in [-0.15, -0.1) is 0 Å². The van der Waals surface area contributed by atoms with E-state index in [1.54, 1.807) is 24.3 Å². The second-order valence-electron chi connectivity index (χ2n) is 4.75. The first-order chi connectivity index (χ1) is 11.0. The predicted molar refractivity (Wildman–Crippen MR) is 91.2 cm³/mol. The average Bonchev–Trinajstić information content (AvgIpc) is 2.53. The van der Waals surface area contributed by atoms with E-state index >= 15 is 0 Å². The van der Waals surface area contributed by atoms with Gasteiger partial charge >= 0.3 is 0 Å². The Hall–Kier alpha value is -2.57. The number of nitrogens with one attached hydrogen (secondary N) is 2. The minimum Gasteiger partial charge on any atom is -0.396 e. The summed E-state index contributed by atoms with van der Waals surface area (Å²) in [6.07, 6.45) is 0. The molecule has 1 aromatic heterocycles. The lowest BCUT2D eigenvalue weighted by Gasteiger charge is -2.09. The molecule has 0 atom stereocenters. The molecule has 0 aliphatic rings. The van der Waals surface area contributed by atoms with Crippen molar-refractivity contribution in [3.05, 3.63) is 62.5 Å². The fourth-order valence-electron chi connectivity index (χ4n) is 2.13. The first-order valence-electron chi connectivity index (χ1n) is 6.50. The van der Waals surface area contributed by atoms with Crippen molar-refractivity contribution >= 4 is 51.3 Å². The lowest BCUT2D eigenvalue weighted by atomic mass is 10.1. The second kappa shape index (κ2) is 5.91. The van der Waals surface area contributed by atoms with Crippen molar-refractivity contribution in [2.45, 2.75) is 0 Å². The molecule has 0 saturated heterocycles. The maximum Gasteiger partial charge on any atom is 0.276 e. The van der Waals surface area contributed by atoms with Crippen LogP contribution in [-0.2, 0) is 0 Å². The summed E-state index contributed by atoms with van der Waals surface area (Å²) in [5, 5.41) is 10.0. The van der Waals surface area contributed by atoms with Crippen LogP contribution in [0, 0.1) is 0 Å². The molecule has 0 spiro atoms. The minimum absolute atomic E-state index is 0.0873. The summed E-state index contributed by atoms with van der Waals surface area (Å²) in [6.45, 7) is 0. The lowest BCUT2D eigenvalue weighted by molar-refractivity contribution is 0.102. The van der Waals surface area contributed by atoms with Crippen molar-refractivity contribution in [1.82, 2.24) is 10.2 Å².